The van der Waals surface area contributed by atoms with E-state index in [-0.39, 0.29) is 11.8 Å². The number of nitrogens with zero attached hydrogens (tertiary/aromatic N) is 3. The van der Waals surface area contributed by atoms with E-state index >= 15 is 0 Å². The summed E-state index contributed by atoms with van der Waals surface area (Å²) in [5.41, 5.74) is 2.77. The van der Waals surface area contributed by atoms with Crippen molar-refractivity contribution in [2.45, 2.75) is 58.3 Å². The van der Waals surface area contributed by atoms with E-state index in [0.29, 0.717) is 17.8 Å². The second-order valence-corrected chi connectivity index (χ2v) is 11.5. The summed E-state index contributed by atoms with van der Waals surface area (Å²) in [5, 5.41) is 4.85. The highest BCUT2D eigenvalue weighted by atomic mass is 32.1. The zero-order valence-corrected chi connectivity index (χ0v) is 21.7. The van der Waals surface area contributed by atoms with Gasteiger partial charge in [-0.1, -0.05) is 31.4 Å². The van der Waals surface area contributed by atoms with Crippen LogP contribution in [0.1, 0.15) is 66.6 Å². The largest absolute Gasteiger partial charge is 0.320 e. The molecular formula is C28H38N4O2S. The van der Waals surface area contributed by atoms with Crippen LogP contribution in [0.3, 0.4) is 0 Å². The van der Waals surface area contributed by atoms with Gasteiger partial charge in [0, 0.05) is 10.3 Å². The molecule has 6 nitrogen and oxygen atoms in total. The maximum atomic E-state index is 13.7. The Morgan fingerprint density at radius 1 is 1.03 bits per heavy atom. The van der Waals surface area contributed by atoms with E-state index in [0.717, 1.165) is 35.3 Å². The summed E-state index contributed by atoms with van der Waals surface area (Å²) >= 11 is 1.52. The van der Waals surface area contributed by atoms with Crippen LogP contribution in [0.15, 0.2) is 29.6 Å². The zero-order chi connectivity index (χ0) is 24.2. The lowest BCUT2D eigenvalue weighted by Gasteiger charge is -2.33. The molecule has 35 heavy (non-hydrogen) atoms. The topological polar surface area (TPSA) is 55.9 Å². The number of fused-ring (bicyclic) bond motifs is 2. The van der Waals surface area contributed by atoms with Crippen LogP contribution >= 0.6 is 11.3 Å². The van der Waals surface area contributed by atoms with Crippen LogP contribution in [-0.4, -0.2) is 60.9 Å². The molecule has 0 bridgehead atoms. The minimum atomic E-state index is -0.145. The molecule has 0 spiro atoms. The first kappa shape index (κ1) is 24.5. The molecule has 2 aromatic rings. The zero-order valence-electron chi connectivity index (χ0n) is 20.9. The third kappa shape index (κ3) is 5.63. The van der Waals surface area contributed by atoms with Crippen LogP contribution in [0.5, 0.6) is 0 Å². The third-order valence-corrected chi connectivity index (χ3v) is 8.80. The number of likely N-dealkylation sites (tertiary alicyclic amines) is 2. The number of benzene rings is 1. The van der Waals surface area contributed by atoms with Crippen molar-refractivity contribution in [2.24, 2.45) is 5.92 Å². The number of aryl methyl sites for hydroxylation is 1. The number of amides is 2. The number of hydrogen-bond acceptors (Lipinski definition) is 5. The summed E-state index contributed by atoms with van der Waals surface area (Å²) in [6.07, 6.45) is 10.5. The van der Waals surface area contributed by atoms with E-state index in [1.54, 1.807) is 4.90 Å². The maximum absolute atomic E-state index is 13.7. The van der Waals surface area contributed by atoms with Gasteiger partial charge in [-0.15, -0.1) is 11.3 Å². The molecule has 1 N–H and O–H groups in total. The fraction of sp³-hybridized carbons (Fsp3) is 0.571. The summed E-state index contributed by atoms with van der Waals surface area (Å²) in [6, 6.07) is 7.62. The lowest BCUT2D eigenvalue weighted by Crippen LogP contribution is -2.42. The molecule has 2 amide bonds. The third-order valence-electron chi connectivity index (χ3n) is 7.90. The summed E-state index contributed by atoms with van der Waals surface area (Å²) in [6.45, 7) is 8.19. The second kappa shape index (κ2) is 11.2. The summed E-state index contributed by atoms with van der Waals surface area (Å²) in [4.78, 5) is 34.2. The van der Waals surface area contributed by atoms with Crippen molar-refractivity contribution < 1.29 is 9.59 Å². The highest BCUT2D eigenvalue weighted by molar-refractivity contribution is 7.11. The van der Waals surface area contributed by atoms with Crippen molar-refractivity contribution in [2.75, 3.05) is 49.5 Å². The number of anilines is 3. The van der Waals surface area contributed by atoms with E-state index in [1.807, 2.05) is 36.6 Å². The van der Waals surface area contributed by atoms with Crippen LogP contribution in [-0.2, 0) is 4.79 Å². The van der Waals surface area contributed by atoms with Crippen LogP contribution in [0, 0.1) is 12.8 Å². The highest BCUT2D eigenvalue weighted by Gasteiger charge is 2.33. The second-order valence-electron chi connectivity index (χ2n) is 10.4. The maximum Gasteiger partial charge on any atom is 0.258 e. The lowest BCUT2D eigenvalue weighted by atomic mass is 9.91. The van der Waals surface area contributed by atoms with Crippen molar-refractivity contribution in [1.82, 2.24) is 9.80 Å². The fourth-order valence-electron chi connectivity index (χ4n) is 5.88. The summed E-state index contributed by atoms with van der Waals surface area (Å²) in [7, 11) is 0. The Labute approximate surface area is 213 Å². The molecule has 7 heteroatoms. The van der Waals surface area contributed by atoms with Gasteiger partial charge in [-0.3, -0.25) is 19.4 Å². The number of carbonyl (C=O) groups is 2. The van der Waals surface area contributed by atoms with Gasteiger partial charge in [-0.25, -0.2) is 0 Å². The molecule has 1 aromatic carbocycles. The number of rotatable bonds is 7. The van der Waals surface area contributed by atoms with Gasteiger partial charge in [0.15, 0.2) is 0 Å². The molecule has 3 aliphatic heterocycles. The average Bonchev–Trinajstić information content (AvgIpc) is 3.19. The number of nitrogens with one attached hydrogen (secondary N) is 1. The molecule has 0 atom stereocenters. The van der Waals surface area contributed by atoms with Crippen LogP contribution < -0.4 is 10.2 Å². The Kier molecular flexibility index (Phi) is 7.85. The van der Waals surface area contributed by atoms with Gasteiger partial charge in [0.25, 0.3) is 5.91 Å². The quantitative estimate of drug-likeness (QED) is 0.505. The van der Waals surface area contributed by atoms with Crippen LogP contribution in [0.25, 0.3) is 0 Å². The molecule has 2 saturated heterocycles. The van der Waals surface area contributed by atoms with Gasteiger partial charge in [0.2, 0.25) is 5.91 Å². The lowest BCUT2D eigenvalue weighted by molar-refractivity contribution is -0.119. The first-order valence-electron chi connectivity index (χ1n) is 13.4. The van der Waals surface area contributed by atoms with Gasteiger partial charge in [-0.2, -0.15) is 0 Å². The summed E-state index contributed by atoms with van der Waals surface area (Å²) < 4.78 is 0. The Hall–Kier alpha value is -2.22. The Bertz CT molecular complexity index is 1040. The normalized spacial score (nSPS) is 19.7. The minimum Gasteiger partial charge on any atom is -0.320 e. The molecule has 0 aliphatic carbocycles. The molecule has 1 aromatic heterocycles. The van der Waals surface area contributed by atoms with Crippen molar-refractivity contribution in [3.63, 3.8) is 0 Å². The number of piperidine rings is 2. The van der Waals surface area contributed by atoms with Crippen molar-refractivity contribution in [3.8, 4) is 0 Å². The molecule has 188 valence electrons. The molecule has 0 radical (unpaired) electrons. The Morgan fingerprint density at radius 2 is 1.80 bits per heavy atom. The summed E-state index contributed by atoms with van der Waals surface area (Å²) in [5.74, 6) is 0.680. The molecule has 3 aliphatic rings. The molecule has 4 heterocycles. The number of para-hydroxylation sites is 2. The van der Waals surface area contributed by atoms with Crippen LogP contribution in [0.4, 0.5) is 17.1 Å². The monoisotopic (exact) mass is 494 g/mol. The van der Waals surface area contributed by atoms with Gasteiger partial charge >= 0.3 is 0 Å². The predicted octanol–water partition coefficient (Wildman–Crippen LogP) is 5.66. The number of carbonyl (C=O) groups excluding carboxylic acids is 2. The molecule has 0 unspecified atom stereocenters. The smallest absolute Gasteiger partial charge is 0.258 e. The van der Waals surface area contributed by atoms with Gasteiger partial charge < -0.3 is 10.2 Å². The van der Waals surface area contributed by atoms with Crippen molar-refractivity contribution in [1.29, 1.82) is 0 Å². The standard InChI is InChI=1S/C28H38N4O2S/c1-21-27-23(20-35-21)28(34)29-24-10-3-4-11-25(24)32(27)26(33)19-31-17-12-22(13-18-31)9-5-8-16-30-14-6-2-7-15-30/h3-4,10-11,20,22H,2,5-9,12-19H2,1H3,(H,29,34). The van der Waals surface area contributed by atoms with E-state index < -0.39 is 0 Å². The SMILES string of the molecule is Cc1scc2c1N(C(=O)CN1CCC(CCCCN3CCCCC3)CC1)c1ccccc1NC2=O. The van der Waals surface area contributed by atoms with Gasteiger partial charge in [0.1, 0.15) is 0 Å². The van der Waals surface area contributed by atoms with E-state index in [1.165, 1.54) is 82.3 Å². The minimum absolute atomic E-state index is 0.0386. The Morgan fingerprint density at radius 3 is 2.60 bits per heavy atom. The molecular weight excluding hydrogens is 456 g/mol. The predicted molar refractivity (Wildman–Crippen MR) is 144 cm³/mol. The van der Waals surface area contributed by atoms with Gasteiger partial charge in [-0.05, 0) is 89.8 Å². The van der Waals surface area contributed by atoms with E-state index in [4.69, 9.17) is 0 Å². The average molecular weight is 495 g/mol. The van der Waals surface area contributed by atoms with Crippen molar-refractivity contribution in [3.05, 3.63) is 40.1 Å². The fourth-order valence-corrected chi connectivity index (χ4v) is 6.70. The van der Waals surface area contributed by atoms with Crippen molar-refractivity contribution >= 4 is 40.2 Å². The molecule has 0 saturated carbocycles. The van der Waals surface area contributed by atoms with E-state index in [9.17, 15) is 9.59 Å². The molecule has 2 fully saturated rings. The van der Waals surface area contributed by atoms with Gasteiger partial charge in [0.05, 0.1) is 29.2 Å². The number of hydrogen-bond donors (Lipinski definition) is 1. The van der Waals surface area contributed by atoms with E-state index in [2.05, 4.69) is 15.1 Å². The highest BCUT2D eigenvalue weighted by Crippen LogP contribution is 2.42. The number of unbranched alkanes of at least 4 members (excludes halogenated alkanes) is 1. The molecule has 5 rings (SSSR count). The first-order valence-corrected chi connectivity index (χ1v) is 14.2. The number of thiophene rings is 1. The van der Waals surface area contributed by atoms with Crippen LogP contribution in [0.2, 0.25) is 0 Å². The first-order chi connectivity index (χ1) is 17.1. The Balaban J connectivity index is 1.16.